The number of benzene rings is 2. The zero-order valence-corrected chi connectivity index (χ0v) is 16.1. The molecule has 0 aliphatic carbocycles. The fourth-order valence-electron chi connectivity index (χ4n) is 3.62. The van der Waals surface area contributed by atoms with Gasteiger partial charge in [0, 0.05) is 61.6 Å². The van der Waals surface area contributed by atoms with Gasteiger partial charge in [0.2, 0.25) is 0 Å². The minimum absolute atomic E-state index is 0.520. The van der Waals surface area contributed by atoms with Crippen molar-refractivity contribution >= 4 is 17.0 Å². The third kappa shape index (κ3) is 4.22. The van der Waals surface area contributed by atoms with Crippen LogP contribution in [0.25, 0.3) is 0 Å². The lowest BCUT2D eigenvalue weighted by Crippen LogP contribution is -2.46. The average Bonchev–Trinajstić information content (AvgIpc) is 3.22. The molecule has 28 heavy (non-hydrogen) atoms. The number of hydrogen-bond donors (Lipinski definition) is 1. The van der Waals surface area contributed by atoms with E-state index in [2.05, 4.69) is 14.8 Å². The van der Waals surface area contributed by atoms with Gasteiger partial charge in [0.05, 0.1) is 0 Å². The maximum absolute atomic E-state index is 13.4. The zero-order chi connectivity index (χ0) is 19.5. The fraction of sp³-hybridized carbons (Fsp3) is 0.286. The molecule has 1 unspecified atom stereocenters. The monoisotopic (exact) mass is 401 g/mol. The van der Waals surface area contributed by atoms with E-state index < -0.39 is 17.7 Å². The van der Waals surface area contributed by atoms with Gasteiger partial charge in [0.25, 0.3) is 0 Å². The van der Waals surface area contributed by atoms with Gasteiger partial charge < -0.3 is 10.0 Å². The van der Waals surface area contributed by atoms with Gasteiger partial charge in [-0.3, -0.25) is 4.90 Å². The molecule has 1 atom stereocenters. The quantitative estimate of drug-likeness (QED) is 0.706. The molecule has 1 aliphatic heterocycles. The van der Waals surface area contributed by atoms with Gasteiger partial charge >= 0.3 is 0 Å². The van der Waals surface area contributed by atoms with Crippen molar-refractivity contribution in [2.75, 3.05) is 31.1 Å². The number of rotatable bonds is 5. The summed E-state index contributed by atoms with van der Waals surface area (Å²) < 4.78 is 26.8. The maximum Gasteiger partial charge on any atom is 0.132 e. The number of nitrogens with zero attached hydrogens (tertiary/aromatic N) is 3. The molecule has 2 heterocycles. The second kappa shape index (κ2) is 8.34. The minimum atomic E-state index is -0.746. The molecular weight excluding hydrogens is 380 g/mol. The summed E-state index contributed by atoms with van der Waals surface area (Å²) in [5.41, 5.74) is 2.49. The summed E-state index contributed by atoms with van der Waals surface area (Å²) >= 11 is 1.44. The van der Waals surface area contributed by atoms with Crippen molar-refractivity contribution in [3.05, 3.63) is 81.8 Å². The van der Waals surface area contributed by atoms with E-state index in [4.69, 9.17) is 0 Å². The highest BCUT2D eigenvalue weighted by Crippen LogP contribution is 2.32. The molecule has 0 spiro atoms. The van der Waals surface area contributed by atoms with Crippen molar-refractivity contribution in [1.29, 1.82) is 0 Å². The average molecular weight is 401 g/mol. The van der Waals surface area contributed by atoms with Crippen LogP contribution in [0.3, 0.4) is 0 Å². The number of hydrogen-bond acceptors (Lipinski definition) is 5. The van der Waals surface area contributed by atoms with Gasteiger partial charge in [-0.05, 0) is 23.8 Å². The number of aliphatic hydroxyl groups excluding tert-OH is 1. The highest BCUT2D eigenvalue weighted by molar-refractivity contribution is 7.09. The second-order valence-electron chi connectivity index (χ2n) is 6.87. The third-order valence-electron chi connectivity index (χ3n) is 4.96. The van der Waals surface area contributed by atoms with Crippen LogP contribution in [0.5, 0.6) is 0 Å². The molecule has 3 aromatic rings. The summed E-state index contributed by atoms with van der Waals surface area (Å²) in [7, 11) is 0. The van der Waals surface area contributed by atoms with Crippen molar-refractivity contribution in [3.63, 3.8) is 0 Å². The zero-order valence-electron chi connectivity index (χ0n) is 15.3. The summed E-state index contributed by atoms with van der Waals surface area (Å²) in [5.74, 6) is -1.09. The first-order valence-corrected chi connectivity index (χ1v) is 10.1. The highest BCUT2D eigenvalue weighted by atomic mass is 32.1. The van der Waals surface area contributed by atoms with E-state index in [0.29, 0.717) is 17.1 Å². The van der Waals surface area contributed by atoms with Crippen molar-refractivity contribution in [2.24, 2.45) is 0 Å². The Hall–Kier alpha value is -2.35. The van der Waals surface area contributed by atoms with E-state index in [1.807, 2.05) is 29.6 Å². The Morgan fingerprint density at radius 1 is 1.04 bits per heavy atom. The van der Waals surface area contributed by atoms with Crippen LogP contribution >= 0.6 is 11.3 Å². The molecule has 0 bridgehead atoms. The fourth-order valence-corrected chi connectivity index (χ4v) is 4.26. The van der Waals surface area contributed by atoms with E-state index in [-0.39, 0.29) is 0 Å². The number of para-hydroxylation sites is 1. The Kier molecular flexibility index (Phi) is 5.66. The Bertz CT molecular complexity index is 907. The standard InChI is InChI=1S/C21H21F2N3OS/c22-16-11-15(12-17(23)13-16)14-25-6-8-26(9-7-25)19-4-2-1-3-18(19)20(27)21-24-5-10-28-21/h1-5,10-13,20,27H,6-9,14H2. The molecule has 1 aromatic heterocycles. The highest BCUT2D eigenvalue weighted by Gasteiger charge is 2.23. The molecule has 1 aliphatic rings. The third-order valence-corrected chi connectivity index (χ3v) is 5.79. The number of anilines is 1. The largest absolute Gasteiger partial charge is 0.381 e. The van der Waals surface area contributed by atoms with Crippen molar-refractivity contribution in [2.45, 2.75) is 12.6 Å². The molecule has 7 heteroatoms. The van der Waals surface area contributed by atoms with Crippen molar-refractivity contribution in [1.82, 2.24) is 9.88 Å². The van der Waals surface area contributed by atoms with Crippen molar-refractivity contribution < 1.29 is 13.9 Å². The summed E-state index contributed by atoms with van der Waals surface area (Å²) in [6.45, 7) is 3.63. The van der Waals surface area contributed by atoms with E-state index in [9.17, 15) is 13.9 Å². The molecule has 0 amide bonds. The Labute approximate surface area is 166 Å². The number of aliphatic hydroxyl groups is 1. The lowest BCUT2D eigenvalue weighted by Gasteiger charge is -2.37. The minimum Gasteiger partial charge on any atom is -0.381 e. The molecule has 1 fully saturated rings. The van der Waals surface area contributed by atoms with Gasteiger partial charge in [0.1, 0.15) is 22.7 Å². The smallest absolute Gasteiger partial charge is 0.132 e. The molecule has 146 valence electrons. The van der Waals surface area contributed by atoms with Gasteiger partial charge in [-0.15, -0.1) is 11.3 Å². The van der Waals surface area contributed by atoms with Crippen LogP contribution in [0.15, 0.2) is 54.0 Å². The van der Waals surface area contributed by atoms with Crippen LogP contribution in [0.1, 0.15) is 22.2 Å². The first kappa shape index (κ1) is 19.0. The normalized spacial score (nSPS) is 16.3. The topological polar surface area (TPSA) is 39.6 Å². The van der Waals surface area contributed by atoms with Gasteiger partial charge in [-0.25, -0.2) is 13.8 Å². The summed E-state index contributed by atoms with van der Waals surface area (Å²) in [6.07, 6.45) is 0.948. The SMILES string of the molecule is OC(c1nccs1)c1ccccc1N1CCN(Cc2cc(F)cc(F)c2)CC1. The first-order chi connectivity index (χ1) is 13.6. The number of aromatic nitrogens is 1. The van der Waals surface area contributed by atoms with Crippen LogP contribution < -0.4 is 4.90 Å². The van der Waals surface area contributed by atoms with Crippen LogP contribution in [0.2, 0.25) is 0 Å². The van der Waals surface area contributed by atoms with E-state index in [1.54, 1.807) is 6.20 Å². The van der Waals surface area contributed by atoms with Gasteiger partial charge in [0.15, 0.2) is 0 Å². The number of piperazine rings is 1. The lowest BCUT2D eigenvalue weighted by molar-refractivity contribution is 0.218. The summed E-state index contributed by atoms with van der Waals surface area (Å²) in [4.78, 5) is 8.66. The molecule has 4 rings (SSSR count). The van der Waals surface area contributed by atoms with Crippen molar-refractivity contribution in [3.8, 4) is 0 Å². The predicted octanol–water partition coefficient (Wildman–Crippen LogP) is 3.83. The predicted molar refractivity (Wildman–Crippen MR) is 106 cm³/mol. The number of thiazole rings is 1. The summed E-state index contributed by atoms with van der Waals surface area (Å²) in [6, 6.07) is 11.5. The molecule has 2 aromatic carbocycles. The molecule has 0 saturated carbocycles. The first-order valence-electron chi connectivity index (χ1n) is 9.19. The molecule has 1 N–H and O–H groups in total. The Morgan fingerprint density at radius 3 is 2.43 bits per heavy atom. The van der Waals surface area contributed by atoms with Crippen LogP contribution in [0, 0.1) is 11.6 Å². The number of halogens is 2. The van der Waals surface area contributed by atoms with E-state index in [1.165, 1.54) is 23.5 Å². The lowest BCUT2D eigenvalue weighted by atomic mass is 10.1. The Morgan fingerprint density at radius 2 is 1.75 bits per heavy atom. The maximum atomic E-state index is 13.4. The summed E-state index contributed by atoms with van der Waals surface area (Å²) in [5, 5.41) is 13.3. The molecule has 0 radical (unpaired) electrons. The van der Waals surface area contributed by atoms with Crippen LogP contribution in [-0.2, 0) is 6.54 Å². The van der Waals surface area contributed by atoms with E-state index in [0.717, 1.165) is 43.5 Å². The van der Waals surface area contributed by atoms with Crippen LogP contribution in [0.4, 0.5) is 14.5 Å². The van der Waals surface area contributed by atoms with Crippen LogP contribution in [-0.4, -0.2) is 41.2 Å². The second-order valence-corrected chi connectivity index (χ2v) is 7.80. The van der Waals surface area contributed by atoms with Gasteiger partial charge in [-0.2, -0.15) is 0 Å². The Balaban J connectivity index is 1.44. The molecule has 4 nitrogen and oxygen atoms in total. The van der Waals surface area contributed by atoms with E-state index >= 15 is 0 Å². The molecule has 1 saturated heterocycles. The van der Waals surface area contributed by atoms with Gasteiger partial charge in [-0.1, -0.05) is 18.2 Å². The molecular formula is C21H21F2N3OS.